The molecule has 1 aliphatic rings. The number of pyridine rings is 1. The van der Waals surface area contributed by atoms with E-state index in [2.05, 4.69) is 20.5 Å². The molecule has 6 nitrogen and oxygen atoms in total. The lowest BCUT2D eigenvalue weighted by atomic mass is 10.2. The second-order valence-electron chi connectivity index (χ2n) is 5.13. The van der Waals surface area contributed by atoms with Crippen LogP contribution in [-0.2, 0) is 0 Å². The fraction of sp³-hybridized carbons (Fsp3) is 0.538. The van der Waals surface area contributed by atoms with Gasteiger partial charge < -0.3 is 5.73 Å². The van der Waals surface area contributed by atoms with Gasteiger partial charge in [-0.15, -0.1) is 5.10 Å². The van der Waals surface area contributed by atoms with Crippen molar-refractivity contribution >= 4 is 11.8 Å². The van der Waals surface area contributed by atoms with Gasteiger partial charge in [-0.05, 0) is 48.0 Å². The summed E-state index contributed by atoms with van der Waals surface area (Å²) < 4.78 is 1.94. The lowest BCUT2D eigenvalue weighted by Crippen LogP contribution is -2.10. The molecule has 1 atom stereocenters. The molecular formula is C13H18N6S. The van der Waals surface area contributed by atoms with Crippen LogP contribution in [0.1, 0.15) is 50.3 Å². The number of nitrogens with zero attached hydrogens (tertiary/aromatic N) is 5. The van der Waals surface area contributed by atoms with Crippen LogP contribution in [0, 0.1) is 0 Å². The smallest absolute Gasteiger partial charge is 0.215 e. The zero-order valence-corrected chi connectivity index (χ0v) is 12.3. The maximum Gasteiger partial charge on any atom is 0.215 e. The van der Waals surface area contributed by atoms with E-state index in [1.165, 1.54) is 24.6 Å². The number of rotatable bonds is 4. The van der Waals surface area contributed by atoms with Crippen LogP contribution >= 0.6 is 11.8 Å². The van der Waals surface area contributed by atoms with Gasteiger partial charge in [-0.2, -0.15) is 0 Å². The second kappa shape index (κ2) is 5.88. The van der Waals surface area contributed by atoms with E-state index in [0.717, 1.165) is 28.6 Å². The highest BCUT2D eigenvalue weighted by atomic mass is 32.2. The molecule has 0 spiro atoms. The molecule has 106 valence electrons. The van der Waals surface area contributed by atoms with Crippen molar-refractivity contribution in [2.24, 2.45) is 5.73 Å². The lowest BCUT2D eigenvalue weighted by molar-refractivity contribution is 0.423. The van der Waals surface area contributed by atoms with E-state index in [-0.39, 0.29) is 6.04 Å². The number of nitrogens with two attached hydrogens (primary N) is 1. The predicted molar refractivity (Wildman–Crippen MR) is 76.3 cm³/mol. The Hall–Kier alpha value is -1.47. The first kappa shape index (κ1) is 13.5. The van der Waals surface area contributed by atoms with Gasteiger partial charge in [0.25, 0.3) is 0 Å². The molecule has 0 aromatic carbocycles. The normalized spacial score (nSPS) is 17.5. The summed E-state index contributed by atoms with van der Waals surface area (Å²) in [7, 11) is 0. The van der Waals surface area contributed by atoms with E-state index in [9.17, 15) is 0 Å². The molecule has 0 amide bonds. The quantitative estimate of drug-likeness (QED) is 0.930. The maximum absolute atomic E-state index is 5.99. The lowest BCUT2D eigenvalue weighted by Gasteiger charge is -2.13. The molecule has 0 radical (unpaired) electrons. The van der Waals surface area contributed by atoms with Crippen LogP contribution in [0.5, 0.6) is 0 Å². The third-order valence-electron chi connectivity index (χ3n) is 3.61. The summed E-state index contributed by atoms with van der Waals surface area (Å²) in [6, 6.07) is 4.28. The van der Waals surface area contributed by atoms with Crippen molar-refractivity contribution in [2.45, 2.75) is 54.9 Å². The average molecular weight is 290 g/mol. The van der Waals surface area contributed by atoms with Crippen LogP contribution in [0.2, 0.25) is 0 Å². The van der Waals surface area contributed by atoms with E-state index in [1.54, 1.807) is 6.20 Å². The highest BCUT2D eigenvalue weighted by Crippen LogP contribution is 2.34. The highest BCUT2D eigenvalue weighted by molar-refractivity contribution is 7.99. The first-order valence-corrected chi connectivity index (χ1v) is 7.73. The molecule has 0 bridgehead atoms. The van der Waals surface area contributed by atoms with Crippen LogP contribution in [0.3, 0.4) is 0 Å². The fourth-order valence-electron chi connectivity index (χ4n) is 2.55. The van der Waals surface area contributed by atoms with Crippen molar-refractivity contribution < 1.29 is 0 Å². The second-order valence-corrected chi connectivity index (χ2v) is 6.09. The van der Waals surface area contributed by atoms with Crippen LogP contribution in [0.15, 0.2) is 28.5 Å². The topological polar surface area (TPSA) is 82.5 Å². The number of hydrogen-bond acceptors (Lipinski definition) is 6. The Labute approximate surface area is 122 Å². The predicted octanol–water partition coefficient (Wildman–Crippen LogP) is 2.35. The molecule has 2 heterocycles. The zero-order chi connectivity index (χ0) is 13.9. The molecule has 20 heavy (non-hydrogen) atoms. The standard InChI is InChI=1S/C13H18N6S/c1-9(14)11-7-4-8-15-12(11)20-13-16-17-18-19(13)10-5-2-3-6-10/h4,7-10H,2-3,5-6,14H2,1H3/t9-/m1/s1. The SMILES string of the molecule is C[C@@H](N)c1cccnc1Sc1nnnn1C1CCCC1. The average Bonchev–Trinajstić information content (AvgIpc) is 3.09. The summed E-state index contributed by atoms with van der Waals surface area (Å²) in [4.78, 5) is 4.42. The maximum atomic E-state index is 5.99. The minimum absolute atomic E-state index is 0.0537. The molecule has 2 N–H and O–H groups in total. The third kappa shape index (κ3) is 2.69. The summed E-state index contributed by atoms with van der Waals surface area (Å²) in [5, 5.41) is 13.8. The van der Waals surface area contributed by atoms with Crippen LogP contribution < -0.4 is 5.73 Å². The van der Waals surface area contributed by atoms with E-state index in [0.29, 0.717) is 6.04 Å². The number of aromatic nitrogens is 5. The molecule has 7 heteroatoms. The van der Waals surface area contributed by atoms with Gasteiger partial charge in [0.05, 0.1) is 6.04 Å². The van der Waals surface area contributed by atoms with Crippen LogP contribution in [-0.4, -0.2) is 25.2 Å². The molecule has 0 unspecified atom stereocenters. The first-order valence-electron chi connectivity index (χ1n) is 6.92. The minimum atomic E-state index is -0.0537. The van der Waals surface area contributed by atoms with E-state index in [4.69, 9.17) is 5.73 Å². The van der Waals surface area contributed by atoms with Gasteiger partial charge >= 0.3 is 0 Å². The summed E-state index contributed by atoms with van der Waals surface area (Å²) in [5.41, 5.74) is 7.02. The Morgan fingerprint density at radius 1 is 1.40 bits per heavy atom. The molecule has 1 saturated carbocycles. The van der Waals surface area contributed by atoms with Gasteiger partial charge in [0.2, 0.25) is 5.16 Å². The monoisotopic (exact) mass is 290 g/mol. The van der Waals surface area contributed by atoms with Crippen LogP contribution in [0.4, 0.5) is 0 Å². The first-order chi connectivity index (χ1) is 9.75. The molecule has 0 aliphatic heterocycles. The zero-order valence-electron chi connectivity index (χ0n) is 11.4. The van der Waals surface area contributed by atoms with Crippen molar-refractivity contribution in [1.29, 1.82) is 0 Å². The largest absolute Gasteiger partial charge is 0.324 e. The Kier molecular flexibility index (Phi) is 3.98. The van der Waals surface area contributed by atoms with Crippen molar-refractivity contribution in [2.75, 3.05) is 0 Å². The van der Waals surface area contributed by atoms with Crippen LogP contribution in [0.25, 0.3) is 0 Å². The highest BCUT2D eigenvalue weighted by Gasteiger charge is 2.23. The van der Waals surface area contributed by atoms with Crippen molar-refractivity contribution in [3.8, 4) is 0 Å². The van der Waals surface area contributed by atoms with Gasteiger partial charge in [0.15, 0.2) is 0 Å². The van der Waals surface area contributed by atoms with Gasteiger partial charge in [-0.25, -0.2) is 9.67 Å². The van der Waals surface area contributed by atoms with Crippen molar-refractivity contribution in [3.05, 3.63) is 23.9 Å². The summed E-state index contributed by atoms with van der Waals surface area (Å²) in [5.74, 6) is 0. The molecule has 1 aliphatic carbocycles. The molecule has 1 fully saturated rings. The number of hydrogen-bond donors (Lipinski definition) is 1. The Morgan fingerprint density at radius 3 is 2.95 bits per heavy atom. The van der Waals surface area contributed by atoms with Gasteiger partial charge in [-0.1, -0.05) is 18.9 Å². The Bertz CT molecular complexity index is 576. The third-order valence-corrected chi connectivity index (χ3v) is 4.60. The molecule has 0 saturated heterocycles. The van der Waals surface area contributed by atoms with Gasteiger partial charge in [0.1, 0.15) is 5.03 Å². The number of tetrazole rings is 1. The fourth-order valence-corrected chi connectivity index (χ4v) is 3.57. The van der Waals surface area contributed by atoms with E-state index < -0.39 is 0 Å². The molecule has 2 aromatic rings. The van der Waals surface area contributed by atoms with Crippen molar-refractivity contribution in [1.82, 2.24) is 25.2 Å². The summed E-state index contributed by atoms with van der Waals surface area (Å²) in [6.07, 6.45) is 6.59. The Balaban J connectivity index is 1.87. The minimum Gasteiger partial charge on any atom is -0.324 e. The van der Waals surface area contributed by atoms with Crippen molar-refractivity contribution in [3.63, 3.8) is 0 Å². The van der Waals surface area contributed by atoms with E-state index >= 15 is 0 Å². The summed E-state index contributed by atoms with van der Waals surface area (Å²) >= 11 is 1.50. The molecular weight excluding hydrogens is 272 g/mol. The molecule has 3 rings (SSSR count). The molecule has 2 aromatic heterocycles. The Morgan fingerprint density at radius 2 is 2.20 bits per heavy atom. The summed E-state index contributed by atoms with van der Waals surface area (Å²) in [6.45, 7) is 1.96. The van der Waals surface area contributed by atoms with E-state index in [1.807, 2.05) is 23.7 Å². The van der Waals surface area contributed by atoms with Gasteiger partial charge in [0, 0.05) is 17.8 Å². The van der Waals surface area contributed by atoms with Gasteiger partial charge in [-0.3, -0.25) is 0 Å².